The molecule has 0 heterocycles. The van der Waals surface area contributed by atoms with E-state index in [4.69, 9.17) is 0 Å². The van der Waals surface area contributed by atoms with Gasteiger partial charge in [0.1, 0.15) is 0 Å². The number of hydrogen-bond donors (Lipinski definition) is 0. The van der Waals surface area contributed by atoms with Crippen molar-refractivity contribution in [1.82, 2.24) is 0 Å². The molecule has 0 amide bonds. The summed E-state index contributed by atoms with van der Waals surface area (Å²) in [6, 6.07) is 10.1. The van der Waals surface area contributed by atoms with E-state index in [2.05, 4.69) is 32.1 Å². The van der Waals surface area contributed by atoms with E-state index in [1.54, 1.807) is 15.4 Å². The summed E-state index contributed by atoms with van der Waals surface area (Å²) >= 11 is -2.17. The molecule has 135 valence electrons. The van der Waals surface area contributed by atoms with Crippen LogP contribution in [0.3, 0.4) is 0 Å². The maximum atomic E-state index is 14.0. The standard InChI is InChI=1S/C13H7F2.C5H5.C3H7.2ClH.Zr/c14-10-1-3-12-8(6-10)5-9-7-11(15)2-4-13(9)12;1-2-4-5-3-1;1-3-2;;;/h1-7H;1-3H,4H2;3H,1-2H3;2*1H;/q;;;;;+2/p-2. The molecule has 2 aliphatic rings. The Labute approximate surface area is 173 Å². The maximum absolute atomic E-state index is 14.0. The van der Waals surface area contributed by atoms with Gasteiger partial charge in [0.15, 0.2) is 0 Å². The van der Waals surface area contributed by atoms with E-state index in [0.29, 0.717) is 3.63 Å². The maximum Gasteiger partial charge on any atom is -1.00 e. The summed E-state index contributed by atoms with van der Waals surface area (Å²) in [4.78, 5) is 0. The van der Waals surface area contributed by atoms with Gasteiger partial charge in [0.25, 0.3) is 0 Å². The summed E-state index contributed by atoms with van der Waals surface area (Å²) in [7, 11) is 0. The van der Waals surface area contributed by atoms with Crippen LogP contribution in [0.5, 0.6) is 0 Å². The second kappa shape index (κ2) is 8.50. The summed E-state index contributed by atoms with van der Waals surface area (Å²) in [5.74, 6) is -0.394. The molecule has 0 unspecified atom stereocenters. The van der Waals surface area contributed by atoms with Gasteiger partial charge < -0.3 is 24.8 Å². The third-order valence-electron chi connectivity index (χ3n) is 5.01. The van der Waals surface area contributed by atoms with E-state index in [0.717, 1.165) is 28.7 Å². The van der Waals surface area contributed by atoms with Gasteiger partial charge in [-0.05, 0) is 0 Å². The molecular formula is C21H19Cl2F2Zr. The third-order valence-corrected chi connectivity index (χ3v) is 13.9. The Hall–Kier alpha value is -0.757. The fourth-order valence-electron chi connectivity index (χ4n) is 4.09. The van der Waals surface area contributed by atoms with E-state index in [-0.39, 0.29) is 40.1 Å². The number of fused-ring (bicyclic) bond motifs is 3. The zero-order valence-corrected chi connectivity index (χ0v) is 18.5. The largest absolute Gasteiger partial charge is 1.00 e. The van der Waals surface area contributed by atoms with Crippen LogP contribution in [0.25, 0.3) is 11.1 Å². The second-order valence-corrected chi connectivity index (χ2v) is 14.9. The van der Waals surface area contributed by atoms with Crippen LogP contribution in [0.2, 0.25) is 3.63 Å². The van der Waals surface area contributed by atoms with Gasteiger partial charge in [-0.2, -0.15) is 0 Å². The van der Waals surface area contributed by atoms with Crippen LogP contribution < -0.4 is 24.8 Å². The summed E-state index contributed by atoms with van der Waals surface area (Å²) < 4.78 is 30.3. The minimum atomic E-state index is -2.17. The zero-order valence-electron chi connectivity index (χ0n) is 14.6. The van der Waals surface area contributed by atoms with Gasteiger partial charge in [-0.1, -0.05) is 0 Å². The summed E-state index contributed by atoms with van der Waals surface area (Å²) in [5.41, 5.74) is 4.32. The topological polar surface area (TPSA) is 0 Å². The molecule has 0 atom stereocenters. The molecule has 0 aromatic heterocycles. The molecule has 0 saturated heterocycles. The van der Waals surface area contributed by atoms with Crippen LogP contribution >= 0.6 is 0 Å². The van der Waals surface area contributed by atoms with Gasteiger partial charge in [0.05, 0.1) is 0 Å². The smallest absolute Gasteiger partial charge is 1.00 e. The van der Waals surface area contributed by atoms with Gasteiger partial charge in [-0.15, -0.1) is 0 Å². The predicted octanol–water partition coefficient (Wildman–Crippen LogP) is 0.333. The van der Waals surface area contributed by atoms with Crippen molar-refractivity contribution in [1.29, 1.82) is 0 Å². The Morgan fingerprint density at radius 1 is 0.923 bits per heavy atom. The molecule has 5 heteroatoms. The molecule has 2 aromatic carbocycles. The molecule has 2 aromatic rings. The molecule has 4 rings (SSSR count). The first-order chi connectivity index (χ1) is 11.6. The van der Waals surface area contributed by atoms with E-state index in [1.165, 1.54) is 12.1 Å². The third kappa shape index (κ3) is 3.64. The summed E-state index contributed by atoms with van der Waals surface area (Å²) in [6.45, 7) is 4.56. The van der Waals surface area contributed by atoms with Crippen LogP contribution in [-0.4, -0.2) is 0 Å². The Kier molecular flexibility index (Phi) is 7.05. The minimum Gasteiger partial charge on any atom is -1.00 e. The Balaban J connectivity index is 0.00000121. The van der Waals surface area contributed by atoms with Crippen LogP contribution in [0, 0.1) is 11.6 Å². The van der Waals surface area contributed by atoms with Crippen LogP contribution in [0.4, 0.5) is 8.78 Å². The van der Waals surface area contributed by atoms with Crippen molar-refractivity contribution < 1.29 is 55.3 Å². The number of halogens is 4. The van der Waals surface area contributed by atoms with Crippen molar-refractivity contribution in [3.05, 3.63) is 80.7 Å². The van der Waals surface area contributed by atoms with Crippen LogP contribution in [0.1, 0.15) is 35.0 Å². The molecule has 0 fully saturated rings. The molecule has 0 saturated carbocycles. The number of allylic oxidation sites excluding steroid dienone is 4. The quantitative estimate of drug-likeness (QED) is 0.606. The van der Waals surface area contributed by atoms with Crippen molar-refractivity contribution in [2.45, 2.75) is 27.5 Å². The Bertz CT molecular complexity index is 823. The first-order valence-electron chi connectivity index (χ1n) is 8.38. The molecule has 0 N–H and O–H groups in total. The number of rotatable bonds is 3. The second-order valence-electron chi connectivity index (χ2n) is 6.83. The first-order valence-corrected chi connectivity index (χ1v) is 12.4. The number of benzene rings is 2. The van der Waals surface area contributed by atoms with Crippen LogP contribution in [0.15, 0.2) is 57.9 Å². The molecule has 26 heavy (non-hydrogen) atoms. The number of hydrogen-bond acceptors (Lipinski definition) is 0. The van der Waals surface area contributed by atoms with Gasteiger partial charge >= 0.3 is 150 Å². The fourth-order valence-corrected chi connectivity index (χ4v) is 12.9. The average molecular weight is 472 g/mol. The molecule has 0 nitrogen and oxygen atoms in total. The molecule has 0 aliphatic heterocycles. The molecule has 0 radical (unpaired) electrons. The zero-order chi connectivity index (χ0) is 16.8. The van der Waals surface area contributed by atoms with Gasteiger partial charge in [-0.3, -0.25) is 0 Å². The van der Waals surface area contributed by atoms with E-state index in [1.807, 2.05) is 12.1 Å². The van der Waals surface area contributed by atoms with E-state index < -0.39 is 21.8 Å². The minimum absolute atomic E-state index is 0. The fraction of sp³-hybridized carbons (Fsp3) is 0.238. The SMILES string of the molecule is C[CH](C)[Zr+2]([C]1=CC=CC1)[CH]1c2cc(F)ccc2-c2ccc(F)cc21.[Cl-].[Cl-]. The van der Waals surface area contributed by atoms with E-state index in [9.17, 15) is 8.78 Å². The van der Waals surface area contributed by atoms with Crippen LogP contribution in [-0.2, 0) is 21.8 Å². The predicted molar refractivity (Wildman–Crippen MR) is 90.6 cm³/mol. The van der Waals surface area contributed by atoms with Crippen molar-refractivity contribution in [2.75, 3.05) is 0 Å². The van der Waals surface area contributed by atoms with Gasteiger partial charge in [-0.25, -0.2) is 0 Å². The molecule has 2 aliphatic carbocycles. The molecule has 0 bridgehead atoms. The van der Waals surface area contributed by atoms with Crippen molar-refractivity contribution >= 4 is 0 Å². The molecule has 0 spiro atoms. The summed E-state index contributed by atoms with van der Waals surface area (Å²) in [6.07, 6.45) is 7.60. The van der Waals surface area contributed by atoms with Gasteiger partial charge in [0.2, 0.25) is 0 Å². The van der Waals surface area contributed by atoms with E-state index >= 15 is 0 Å². The van der Waals surface area contributed by atoms with Gasteiger partial charge in [0, 0.05) is 0 Å². The summed E-state index contributed by atoms with van der Waals surface area (Å²) in [5, 5.41) is 0. The monoisotopic (exact) mass is 469 g/mol. The Morgan fingerprint density at radius 2 is 1.46 bits per heavy atom. The average Bonchev–Trinajstić information content (AvgIpc) is 3.15. The van der Waals surface area contributed by atoms with Crippen molar-refractivity contribution in [2.24, 2.45) is 0 Å². The Morgan fingerprint density at radius 3 is 1.88 bits per heavy atom. The van der Waals surface area contributed by atoms with Crippen molar-refractivity contribution in [3.63, 3.8) is 0 Å². The van der Waals surface area contributed by atoms with Crippen molar-refractivity contribution in [3.8, 4) is 11.1 Å². The molecular weight excluding hydrogens is 452 g/mol. The normalized spacial score (nSPS) is 14.4. The first kappa shape index (κ1) is 21.5.